The van der Waals surface area contributed by atoms with Crippen LogP contribution in [0.3, 0.4) is 0 Å². The van der Waals surface area contributed by atoms with Crippen LogP contribution in [0.1, 0.15) is 101 Å². The van der Waals surface area contributed by atoms with E-state index in [1.165, 1.54) is 4.88 Å². The van der Waals surface area contributed by atoms with Crippen molar-refractivity contribution < 1.29 is 19.1 Å². The monoisotopic (exact) mass is 553 g/mol. The number of fused-ring (bicyclic) bond motifs is 1. The van der Waals surface area contributed by atoms with E-state index >= 15 is 0 Å². The Labute approximate surface area is 236 Å². The van der Waals surface area contributed by atoms with Gasteiger partial charge < -0.3 is 14.6 Å². The summed E-state index contributed by atoms with van der Waals surface area (Å²) < 4.78 is 7.62. The maximum Gasteiger partial charge on any atom is 0.325 e. The van der Waals surface area contributed by atoms with Crippen molar-refractivity contribution in [2.24, 2.45) is 11.8 Å². The number of carbonyl (C=O) groups excluding carboxylic acids is 3. The quantitative estimate of drug-likeness (QED) is 0.187. The van der Waals surface area contributed by atoms with E-state index in [2.05, 4.69) is 41.2 Å². The molecule has 0 radical (unpaired) electrons. The Morgan fingerprint density at radius 2 is 1.82 bits per heavy atom. The number of ether oxygens (including phenoxy) is 1. The minimum absolute atomic E-state index is 0.0686. The standard InChI is InChI=1S/C31H43N3O4S/c1-8-23(9-2)34-26-13-12-21(16-25(26)33-28(34)18-24-11-10-14-39-24)27(35)17-22(15-20(3)4)30(37)32-19-29(36)38-31(5,6)7/h10-14,16,20,22-23H,8-9,15,17-19H2,1-7H3,(H,32,37)/t22-/m1/s1. The van der Waals surface area contributed by atoms with Gasteiger partial charge >= 0.3 is 5.97 Å². The van der Waals surface area contributed by atoms with Crippen LogP contribution < -0.4 is 5.32 Å². The molecule has 0 saturated carbocycles. The number of nitrogens with one attached hydrogen (secondary N) is 1. The molecule has 1 amide bonds. The van der Waals surface area contributed by atoms with Gasteiger partial charge in [0.2, 0.25) is 5.91 Å². The predicted octanol–water partition coefficient (Wildman–Crippen LogP) is 6.74. The SMILES string of the molecule is CCC(CC)n1c(Cc2cccs2)nc2cc(C(=O)C[C@@H](CC(C)C)C(=O)NCC(=O)OC(C)(C)C)ccc21. The Balaban J connectivity index is 1.82. The van der Waals surface area contributed by atoms with Crippen LogP contribution in [0.4, 0.5) is 0 Å². The molecule has 3 aromatic rings. The summed E-state index contributed by atoms with van der Waals surface area (Å²) in [4.78, 5) is 44.7. The minimum Gasteiger partial charge on any atom is -0.459 e. The summed E-state index contributed by atoms with van der Waals surface area (Å²) in [6.07, 6.45) is 3.35. The number of benzene rings is 1. The number of ketones is 1. The van der Waals surface area contributed by atoms with Crippen LogP contribution in [-0.4, -0.2) is 39.4 Å². The van der Waals surface area contributed by atoms with E-state index in [-0.39, 0.29) is 30.6 Å². The predicted molar refractivity (Wildman–Crippen MR) is 157 cm³/mol. The van der Waals surface area contributed by atoms with Crippen LogP contribution in [0.15, 0.2) is 35.7 Å². The molecule has 0 spiro atoms. The van der Waals surface area contributed by atoms with Gasteiger partial charge in [0.15, 0.2) is 5.78 Å². The van der Waals surface area contributed by atoms with Crippen molar-refractivity contribution in [2.45, 2.75) is 92.2 Å². The smallest absolute Gasteiger partial charge is 0.325 e. The van der Waals surface area contributed by atoms with E-state index in [1.807, 2.05) is 32.0 Å². The van der Waals surface area contributed by atoms with Gasteiger partial charge in [-0.2, -0.15) is 0 Å². The summed E-state index contributed by atoms with van der Waals surface area (Å²) in [7, 11) is 0. The lowest BCUT2D eigenvalue weighted by Gasteiger charge is -2.21. The number of aromatic nitrogens is 2. The fraction of sp³-hybridized carbons (Fsp3) is 0.548. The number of rotatable bonds is 13. The van der Waals surface area contributed by atoms with Gasteiger partial charge in [0.05, 0.1) is 11.0 Å². The highest BCUT2D eigenvalue weighted by atomic mass is 32.1. The largest absolute Gasteiger partial charge is 0.459 e. The molecule has 39 heavy (non-hydrogen) atoms. The van der Waals surface area contributed by atoms with Gasteiger partial charge in [0, 0.05) is 35.2 Å². The molecule has 0 fully saturated rings. The van der Waals surface area contributed by atoms with Crippen molar-refractivity contribution in [1.29, 1.82) is 0 Å². The molecule has 212 valence electrons. The molecule has 1 atom stereocenters. The van der Waals surface area contributed by atoms with Crippen molar-refractivity contribution in [2.75, 3.05) is 6.54 Å². The number of carbonyl (C=O) groups is 3. The van der Waals surface area contributed by atoms with Crippen LogP contribution in [-0.2, 0) is 20.7 Å². The number of amides is 1. The first-order valence-corrected chi connectivity index (χ1v) is 14.9. The summed E-state index contributed by atoms with van der Waals surface area (Å²) in [6, 6.07) is 10.2. The molecule has 2 heterocycles. The van der Waals surface area contributed by atoms with Crippen LogP contribution in [0.25, 0.3) is 11.0 Å². The summed E-state index contributed by atoms with van der Waals surface area (Å²) in [5.74, 6) is -0.223. The maximum atomic E-state index is 13.4. The molecule has 1 N–H and O–H groups in total. The highest BCUT2D eigenvalue weighted by molar-refractivity contribution is 7.09. The zero-order chi connectivity index (χ0) is 28.7. The first kappa shape index (κ1) is 30.5. The third-order valence-corrected chi connectivity index (χ3v) is 7.57. The van der Waals surface area contributed by atoms with Crippen LogP contribution in [0, 0.1) is 11.8 Å². The van der Waals surface area contributed by atoms with Crippen LogP contribution in [0.5, 0.6) is 0 Å². The first-order valence-electron chi connectivity index (χ1n) is 14.0. The highest BCUT2D eigenvalue weighted by Crippen LogP contribution is 2.29. The molecule has 1 aromatic carbocycles. The molecule has 8 heteroatoms. The number of thiophene rings is 1. The fourth-order valence-corrected chi connectivity index (χ4v) is 5.65. The number of Topliss-reactive ketones (excluding diaryl/α,β-unsaturated/α-hetero) is 1. The number of hydrogen-bond acceptors (Lipinski definition) is 6. The van der Waals surface area contributed by atoms with Gasteiger partial charge in [-0.25, -0.2) is 4.98 Å². The zero-order valence-electron chi connectivity index (χ0n) is 24.4. The lowest BCUT2D eigenvalue weighted by atomic mass is 9.89. The molecule has 0 bridgehead atoms. The molecule has 3 rings (SSSR count). The Kier molecular flexibility index (Phi) is 10.5. The van der Waals surface area contributed by atoms with E-state index in [4.69, 9.17) is 9.72 Å². The molecular weight excluding hydrogens is 510 g/mol. The van der Waals surface area contributed by atoms with Gasteiger partial charge in [-0.15, -0.1) is 11.3 Å². The summed E-state index contributed by atoms with van der Waals surface area (Å²) in [6.45, 7) is 13.5. The molecule has 0 aliphatic heterocycles. The molecule has 0 aliphatic rings. The van der Waals surface area contributed by atoms with Crippen molar-refractivity contribution in [3.63, 3.8) is 0 Å². The summed E-state index contributed by atoms with van der Waals surface area (Å²) in [5, 5.41) is 4.75. The number of nitrogens with zero attached hydrogens (tertiary/aromatic N) is 2. The number of esters is 1. The van der Waals surface area contributed by atoms with E-state index in [0.29, 0.717) is 18.0 Å². The maximum absolute atomic E-state index is 13.4. The minimum atomic E-state index is -0.626. The van der Waals surface area contributed by atoms with Crippen molar-refractivity contribution in [3.05, 3.63) is 52.0 Å². The summed E-state index contributed by atoms with van der Waals surface area (Å²) in [5.41, 5.74) is 1.75. The Morgan fingerprint density at radius 3 is 2.41 bits per heavy atom. The average molecular weight is 554 g/mol. The van der Waals surface area contributed by atoms with Crippen molar-refractivity contribution >= 4 is 40.0 Å². The third kappa shape index (κ3) is 8.49. The zero-order valence-corrected chi connectivity index (χ0v) is 25.2. The first-order chi connectivity index (χ1) is 18.4. The Bertz CT molecular complexity index is 1270. The molecule has 7 nitrogen and oxygen atoms in total. The van der Waals surface area contributed by atoms with Crippen LogP contribution >= 0.6 is 11.3 Å². The molecule has 0 unspecified atom stereocenters. The normalized spacial score (nSPS) is 12.7. The molecule has 0 aliphatic carbocycles. The summed E-state index contributed by atoms with van der Waals surface area (Å²) >= 11 is 1.72. The van der Waals surface area contributed by atoms with E-state index < -0.39 is 17.5 Å². The second-order valence-corrected chi connectivity index (χ2v) is 12.6. The highest BCUT2D eigenvalue weighted by Gasteiger charge is 2.26. The fourth-order valence-electron chi connectivity index (χ4n) is 4.95. The number of hydrogen-bond donors (Lipinski definition) is 1. The topological polar surface area (TPSA) is 90.3 Å². The second kappa shape index (κ2) is 13.4. The lowest BCUT2D eigenvalue weighted by molar-refractivity contribution is -0.154. The third-order valence-electron chi connectivity index (χ3n) is 6.69. The van der Waals surface area contributed by atoms with Gasteiger partial charge in [0.25, 0.3) is 0 Å². The van der Waals surface area contributed by atoms with Gasteiger partial charge in [-0.1, -0.05) is 33.8 Å². The Hall–Kier alpha value is -3.00. The molecular formula is C31H43N3O4S. The van der Waals surface area contributed by atoms with E-state index in [1.54, 1.807) is 32.1 Å². The van der Waals surface area contributed by atoms with Gasteiger partial charge in [-0.3, -0.25) is 14.4 Å². The van der Waals surface area contributed by atoms with Gasteiger partial charge in [-0.05, 0) is 75.6 Å². The Morgan fingerprint density at radius 1 is 1.10 bits per heavy atom. The van der Waals surface area contributed by atoms with E-state index in [0.717, 1.165) is 36.1 Å². The molecule has 2 aromatic heterocycles. The van der Waals surface area contributed by atoms with Crippen LogP contribution in [0.2, 0.25) is 0 Å². The molecule has 0 saturated heterocycles. The second-order valence-electron chi connectivity index (χ2n) is 11.6. The van der Waals surface area contributed by atoms with Crippen molar-refractivity contribution in [1.82, 2.24) is 14.9 Å². The van der Waals surface area contributed by atoms with Crippen molar-refractivity contribution in [3.8, 4) is 0 Å². The average Bonchev–Trinajstić information content (AvgIpc) is 3.49. The van der Waals surface area contributed by atoms with Gasteiger partial charge in [0.1, 0.15) is 18.0 Å². The lowest BCUT2D eigenvalue weighted by Crippen LogP contribution is -2.38. The number of imidazole rings is 1. The van der Waals surface area contributed by atoms with E-state index in [9.17, 15) is 14.4 Å².